The van der Waals surface area contributed by atoms with Gasteiger partial charge in [0.25, 0.3) is 0 Å². The lowest BCUT2D eigenvalue weighted by Gasteiger charge is -2.36. The molecule has 1 aliphatic carbocycles. The second-order valence-corrected chi connectivity index (χ2v) is 3.81. The van der Waals surface area contributed by atoms with E-state index in [0.717, 1.165) is 0 Å². The highest BCUT2D eigenvalue weighted by Gasteiger charge is 2.46. The normalized spacial score (nSPS) is 42.1. The molecule has 0 aromatic carbocycles. The maximum absolute atomic E-state index is 9.47. The lowest BCUT2D eigenvalue weighted by molar-refractivity contribution is -0.130. The summed E-state index contributed by atoms with van der Waals surface area (Å²) in [5, 5.41) is 50.1. The molecule has 1 rings (SSSR count). The van der Waals surface area contributed by atoms with Crippen LogP contribution in [0.3, 0.4) is 0 Å². The molecule has 0 spiro atoms. The summed E-state index contributed by atoms with van der Waals surface area (Å²) in [5.41, 5.74) is 6.83. The molecule has 1 saturated carbocycles. The summed E-state index contributed by atoms with van der Waals surface area (Å²) in [5.74, 6) is 0. The molecule has 0 aromatic heterocycles. The number of nitrogens with one attached hydrogen (secondary N) is 1. The smallest absolute Gasteiger partial charge is 0.184 e. The van der Waals surface area contributed by atoms with E-state index < -0.39 is 30.5 Å². The zero-order chi connectivity index (χ0) is 12.5. The summed E-state index contributed by atoms with van der Waals surface area (Å²) in [7, 11) is 0. The van der Waals surface area contributed by atoms with Crippen LogP contribution in [0.1, 0.15) is 0 Å². The standard InChI is InChI=1S/C7H13N3O5S/c8-7(16)10-9-1-2(11)4(13)6(15)5(14)3(1)12/h2-6,11-15H,(H3,8,10,16)/t2-,3+,4-,5-,6-/m1/s1. The minimum Gasteiger partial charge on any atom is -0.387 e. The molecule has 0 heterocycles. The number of nitrogens with two attached hydrogens (primary N) is 1. The van der Waals surface area contributed by atoms with Gasteiger partial charge in [0, 0.05) is 0 Å². The van der Waals surface area contributed by atoms with Gasteiger partial charge in [-0.25, -0.2) is 0 Å². The number of nitrogens with zero attached hydrogens (tertiary/aromatic N) is 1. The monoisotopic (exact) mass is 251 g/mol. The number of thiocarbonyl (C=S) groups is 1. The van der Waals surface area contributed by atoms with Gasteiger partial charge >= 0.3 is 0 Å². The Morgan fingerprint density at radius 2 is 1.50 bits per heavy atom. The number of hydrogen-bond donors (Lipinski definition) is 7. The summed E-state index contributed by atoms with van der Waals surface area (Å²) in [6.07, 6.45) is -8.19. The lowest BCUT2D eigenvalue weighted by Crippen LogP contribution is -2.62. The molecule has 0 saturated heterocycles. The fourth-order valence-electron chi connectivity index (χ4n) is 1.35. The molecule has 8 N–H and O–H groups in total. The maximum atomic E-state index is 9.47. The van der Waals surface area contributed by atoms with Crippen molar-refractivity contribution in [3.8, 4) is 0 Å². The molecule has 1 fully saturated rings. The highest BCUT2D eigenvalue weighted by Crippen LogP contribution is 2.18. The van der Waals surface area contributed by atoms with E-state index in [-0.39, 0.29) is 10.8 Å². The predicted octanol–water partition coefficient (Wildman–Crippen LogP) is -4.01. The Morgan fingerprint density at radius 3 is 1.88 bits per heavy atom. The first kappa shape index (κ1) is 13.2. The lowest BCUT2D eigenvalue weighted by atomic mass is 9.86. The first-order chi connectivity index (χ1) is 7.36. The van der Waals surface area contributed by atoms with Crippen LogP contribution in [-0.2, 0) is 0 Å². The van der Waals surface area contributed by atoms with E-state index in [0.29, 0.717) is 0 Å². The molecule has 5 atom stereocenters. The van der Waals surface area contributed by atoms with Crippen LogP contribution in [0.5, 0.6) is 0 Å². The first-order valence-corrected chi connectivity index (χ1v) is 4.80. The summed E-state index contributed by atoms with van der Waals surface area (Å²) in [4.78, 5) is 0. The topological polar surface area (TPSA) is 152 Å². The van der Waals surface area contributed by atoms with Gasteiger partial charge < -0.3 is 31.3 Å². The van der Waals surface area contributed by atoms with E-state index in [1.165, 1.54) is 0 Å². The SMILES string of the molecule is NC(=S)NN=C1[C@@H](O)[C@@H](O)[C@@H](O)[C@H](O)[C@H]1O. The van der Waals surface area contributed by atoms with E-state index in [1.54, 1.807) is 0 Å². The largest absolute Gasteiger partial charge is 0.387 e. The molecule has 0 aliphatic heterocycles. The number of rotatable bonds is 1. The second kappa shape index (κ2) is 4.99. The summed E-state index contributed by atoms with van der Waals surface area (Å²) in [6.45, 7) is 0. The molecule has 1 aliphatic rings. The van der Waals surface area contributed by atoms with Crippen LogP contribution in [0.25, 0.3) is 0 Å². The van der Waals surface area contributed by atoms with Gasteiger partial charge in [-0.15, -0.1) is 0 Å². The highest BCUT2D eigenvalue weighted by atomic mass is 32.1. The number of aliphatic hydroxyl groups is 5. The van der Waals surface area contributed by atoms with Crippen LogP contribution in [0.4, 0.5) is 0 Å². The molecule has 9 heteroatoms. The van der Waals surface area contributed by atoms with E-state index in [4.69, 9.17) is 5.73 Å². The van der Waals surface area contributed by atoms with Crippen LogP contribution in [0, 0.1) is 0 Å². The fourth-order valence-corrected chi connectivity index (χ4v) is 1.40. The highest BCUT2D eigenvalue weighted by molar-refractivity contribution is 7.80. The van der Waals surface area contributed by atoms with Gasteiger partial charge in [0.1, 0.15) is 36.2 Å². The Hall–Kier alpha value is -0.840. The van der Waals surface area contributed by atoms with Crippen molar-refractivity contribution in [3.05, 3.63) is 0 Å². The van der Waals surface area contributed by atoms with E-state index in [9.17, 15) is 25.5 Å². The number of hydrazone groups is 1. The van der Waals surface area contributed by atoms with Gasteiger partial charge in [-0.2, -0.15) is 5.10 Å². The van der Waals surface area contributed by atoms with Gasteiger partial charge in [-0.3, -0.25) is 5.43 Å². The van der Waals surface area contributed by atoms with Crippen molar-refractivity contribution in [1.82, 2.24) is 5.43 Å². The Morgan fingerprint density at radius 1 is 1.06 bits per heavy atom. The van der Waals surface area contributed by atoms with E-state index >= 15 is 0 Å². The van der Waals surface area contributed by atoms with Gasteiger partial charge in [0.15, 0.2) is 5.11 Å². The van der Waals surface area contributed by atoms with Gasteiger partial charge in [-0.1, -0.05) is 0 Å². The molecule has 0 unspecified atom stereocenters. The fraction of sp³-hybridized carbons (Fsp3) is 0.714. The number of hydrogen-bond acceptors (Lipinski definition) is 7. The minimum absolute atomic E-state index is 0.206. The van der Waals surface area contributed by atoms with E-state index in [2.05, 4.69) is 22.7 Å². The third-order valence-electron chi connectivity index (χ3n) is 2.25. The first-order valence-electron chi connectivity index (χ1n) is 4.39. The average Bonchev–Trinajstić information content (AvgIpc) is 2.23. The maximum Gasteiger partial charge on any atom is 0.184 e. The molecule has 0 aromatic rings. The molecule has 0 bridgehead atoms. The van der Waals surface area contributed by atoms with Crippen molar-refractivity contribution in [2.24, 2.45) is 10.8 Å². The Bertz CT molecular complexity index is 294. The van der Waals surface area contributed by atoms with Crippen LogP contribution >= 0.6 is 12.2 Å². The summed E-state index contributed by atoms with van der Waals surface area (Å²) in [6, 6.07) is 0. The molecule has 0 radical (unpaired) electrons. The molecule has 8 nitrogen and oxygen atoms in total. The quantitative estimate of drug-likeness (QED) is 0.184. The molecular weight excluding hydrogens is 238 g/mol. The predicted molar refractivity (Wildman–Crippen MR) is 57.4 cm³/mol. The van der Waals surface area contributed by atoms with Crippen molar-refractivity contribution in [2.45, 2.75) is 30.5 Å². The Kier molecular flexibility index (Phi) is 4.13. The van der Waals surface area contributed by atoms with Crippen molar-refractivity contribution in [3.63, 3.8) is 0 Å². The van der Waals surface area contributed by atoms with Crippen molar-refractivity contribution >= 4 is 23.0 Å². The van der Waals surface area contributed by atoms with Gasteiger partial charge in [-0.05, 0) is 12.2 Å². The average molecular weight is 251 g/mol. The van der Waals surface area contributed by atoms with Gasteiger partial charge in [0.05, 0.1) is 0 Å². The van der Waals surface area contributed by atoms with Crippen molar-refractivity contribution < 1.29 is 25.5 Å². The Balaban J connectivity index is 2.90. The third-order valence-corrected chi connectivity index (χ3v) is 2.34. The van der Waals surface area contributed by atoms with Crippen LogP contribution in [0.15, 0.2) is 5.10 Å². The van der Waals surface area contributed by atoms with Gasteiger partial charge in [0.2, 0.25) is 0 Å². The minimum atomic E-state index is -1.66. The zero-order valence-corrected chi connectivity index (χ0v) is 8.87. The van der Waals surface area contributed by atoms with E-state index in [1.807, 2.05) is 0 Å². The second-order valence-electron chi connectivity index (χ2n) is 3.37. The summed E-state index contributed by atoms with van der Waals surface area (Å²) >= 11 is 4.45. The third kappa shape index (κ3) is 2.45. The van der Waals surface area contributed by atoms with Crippen LogP contribution in [0.2, 0.25) is 0 Å². The molecule has 16 heavy (non-hydrogen) atoms. The summed E-state index contributed by atoms with van der Waals surface area (Å²) < 4.78 is 0. The van der Waals surface area contributed by atoms with Crippen molar-refractivity contribution in [1.29, 1.82) is 0 Å². The Labute approximate surface area is 96.0 Å². The molecular formula is C7H13N3O5S. The van der Waals surface area contributed by atoms with Crippen LogP contribution in [-0.4, -0.2) is 66.9 Å². The molecule has 92 valence electrons. The van der Waals surface area contributed by atoms with Crippen molar-refractivity contribution in [2.75, 3.05) is 0 Å². The number of aliphatic hydroxyl groups excluding tert-OH is 5. The van der Waals surface area contributed by atoms with Crippen LogP contribution < -0.4 is 11.2 Å². The zero-order valence-electron chi connectivity index (χ0n) is 8.06. The molecule has 0 amide bonds.